The van der Waals surface area contributed by atoms with Crippen molar-refractivity contribution in [3.05, 3.63) is 95.3 Å². The SMILES string of the molecule is O=C(OCc1ccccc1)N1CCC2(CC1)CN(Cc1cccnc1)c1cc(F)cc(F)c12. The van der Waals surface area contributed by atoms with Gasteiger partial charge in [0, 0.05) is 61.3 Å². The average molecular weight is 450 g/mol. The normalized spacial score (nSPS) is 16.7. The first kappa shape index (κ1) is 21.4. The summed E-state index contributed by atoms with van der Waals surface area (Å²) in [6, 6.07) is 15.7. The topological polar surface area (TPSA) is 45.7 Å². The summed E-state index contributed by atoms with van der Waals surface area (Å²) in [5, 5.41) is 0. The van der Waals surface area contributed by atoms with Crippen LogP contribution in [0.15, 0.2) is 67.0 Å². The largest absolute Gasteiger partial charge is 0.445 e. The second kappa shape index (κ2) is 8.81. The Kier molecular flexibility index (Phi) is 5.70. The number of piperidine rings is 1. The Labute approximate surface area is 191 Å². The second-order valence-corrected chi connectivity index (χ2v) is 8.81. The van der Waals surface area contributed by atoms with Crippen LogP contribution in [0.5, 0.6) is 0 Å². The van der Waals surface area contributed by atoms with Crippen molar-refractivity contribution in [2.45, 2.75) is 31.4 Å². The van der Waals surface area contributed by atoms with E-state index in [2.05, 4.69) is 4.98 Å². The second-order valence-electron chi connectivity index (χ2n) is 8.81. The third-order valence-electron chi connectivity index (χ3n) is 6.68. The van der Waals surface area contributed by atoms with Crippen molar-refractivity contribution >= 4 is 11.8 Å². The van der Waals surface area contributed by atoms with Gasteiger partial charge in [0.1, 0.15) is 18.2 Å². The van der Waals surface area contributed by atoms with Crippen LogP contribution >= 0.6 is 0 Å². The van der Waals surface area contributed by atoms with Crippen molar-refractivity contribution in [3.8, 4) is 0 Å². The highest BCUT2D eigenvalue weighted by molar-refractivity contribution is 5.69. The first-order valence-corrected chi connectivity index (χ1v) is 11.1. The predicted molar refractivity (Wildman–Crippen MR) is 121 cm³/mol. The van der Waals surface area contributed by atoms with E-state index in [0.717, 1.165) is 17.2 Å². The lowest BCUT2D eigenvalue weighted by Crippen LogP contribution is -2.47. The van der Waals surface area contributed by atoms with E-state index in [4.69, 9.17) is 4.74 Å². The first-order valence-electron chi connectivity index (χ1n) is 11.1. The smallest absolute Gasteiger partial charge is 0.410 e. The lowest BCUT2D eigenvalue weighted by molar-refractivity contribution is 0.0786. The summed E-state index contributed by atoms with van der Waals surface area (Å²) in [4.78, 5) is 20.5. The van der Waals surface area contributed by atoms with Gasteiger partial charge in [-0.15, -0.1) is 0 Å². The molecule has 0 bridgehead atoms. The highest BCUT2D eigenvalue weighted by Gasteiger charge is 2.47. The number of rotatable bonds is 4. The molecule has 1 fully saturated rings. The maximum Gasteiger partial charge on any atom is 0.410 e. The quantitative estimate of drug-likeness (QED) is 0.559. The van der Waals surface area contributed by atoms with E-state index in [9.17, 15) is 9.18 Å². The molecule has 3 aromatic rings. The summed E-state index contributed by atoms with van der Waals surface area (Å²) in [6.45, 7) is 2.24. The van der Waals surface area contributed by atoms with E-state index in [1.54, 1.807) is 17.3 Å². The molecule has 2 aromatic carbocycles. The number of fused-ring (bicyclic) bond motifs is 2. The molecule has 2 aliphatic heterocycles. The summed E-state index contributed by atoms with van der Waals surface area (Å²) in [6.07, 6.45) is 4.29. The van der Waals surface area contributed by atoms with Gasteiger partial charge in [-0.2, -0.15) is 0 Å². The van der Waals surface area contributed by atoms with Gasteiger partial charge < -0.3 is 14.5 Å². The summed E-state index contributed by atoms with van der Waals surface area (Å²) in [7, 11) is 0. The molecule has 0 aliphatic carbocycles. The third kappa shape index (κ3) is 4.27. The standard InChI is InChI=1S/C26H25F2N3O2/c27-21-13-22(28)24-23(14-21)31(16-20-7-4-10-29-15-20)18-26(24)8-11-30(12-9-26)25(32)33-17-19-5-2-1-3-6-19/h1-7,10,13-15H,8-9,11-12,16-18H2. The Morgan fingerprint density at radius 1 is 1.03 bits per heavy atom. The van der Waals surface area contributed by atoms with Crippen LogP contribution in [0.3, 0.4) is 0 Å². The molecule has 0 saturated carbocycles. The lowest BCUT2D eigenvalue weighted by atomic mass is 9.74. The molecule has 1 saturated heterocycles. The fourth-order valence-corrected chi connectivity index (χ4v) is 5.05. The van der Waals surface area contributed by atoms with Crippen LogP contribution in [0.2, 0.25) is 0 Å². The average Bonchev–Trinajstić information content (AvgIpc) is 3.11. The molecule has 0 N–H and O–H groups in total. The fraction of sp³-hybridized carbons (Fsp3) is 0.308. The summed E-state index contributed by atoms with van der Waals surface area (Å²) >= 11 is 0. The van der Waals surface area contributed by atoms with Gasteiger partial charge in [-0.3, -0.25) is 4.98 Å². The minimum atomic E-state index is -0.582. The molecule has 33 heavy (non-hydrogen) atoms. The minimum Gasteiger partial charge on any atom is -0.445 e. The van der Waals surface area contributed by atoms with Gasteiger partial charge in [-0.25, -0.2) is 13.6 Å². The number of benzene rings is 2. The number of carbonyl (C=O) groups excluding carboxylic acids is 1. The number of nitrogens with zero attached hydrogens (tertiary/aromatic N) is 3. The van der Waals surface area contributed by atoms with E-state index in [1.165, 1.54) is 6.07 Å². The highest BCUT2D eigenvalue weighted by Crippen LogP contribution is 2.49. The predicted octanol–water partition coefficient (Wildman–Crippen LogP) is 5.05. The number of hydrogen-bond acceptors (Lipinski definition) is 4. The number of carbonyl (C=O) groups is 1. The highest BCUT2D eigenvalue weighted by atomic mass is 19.1. The molecule has 5 nitrogen and oxygen atoms in total. The van der Waals surface area contributed by atoms with Gasteiger partial charge in [0.15, 0.2) is 0 Å². The van der Waals surface area contributed by atoms with Gasteiger partial charge in [0.05, 0.1) is 0 Å². The molecule has 3 heterocycles. The summed E-state index contributed by atoms with van der Waals surface area (Å²) in [5.41, 5.74) is 2.60. The molecule has 1 aromatic heterocycles. The lowest BCUT2D eigenvalue weighted by Gasteiger charge is -2.39. The fourth-order valence-electron chi connectivity index (χ4n) is 5.05. The minimum absolute atomic E-state index is 0.219. The number of anilines is 1. The van der Waals surface area contributed by atoms with Crippen molar-refractivity contribution in [2.24, 2.45) is 0 Å². The molecule has 1 spiro atoms. The Bertz CT molecular complexity index is 1130. The van der Waals surface area contributed by atoms with Crippen LogP contribution < -0.4 is 4.90 Å². The van der Waals surface area contributed by atoms with Crippen LogP contribution in [0.1, 0.15) is 29.5 Å². The Morgan fingerprint density at radius 2 is 1.79 bits per heavy atom. The van der Waals surface area contributed by atoms with Gasteiger partial charge >= 0.3 is 6.09 Å². The molecule has 0 atom stereocenters. The molecule has 1 amide bonds. The number of aromatic nitrogens is 1. The van der Waals surface area contributed by atoms with E-state index >= 15 is 4.39 Å². The zero-order valence-corrected chi connectivity index (χ0v) is 18.2. The molecular weight excluding hydrogens is 424 g/mol. The van der Waals surface area contributed by atoms with Gasteiger partial charge in [0.2, 0.25) is 0 Å². The zero-order valence-electron chi connectivity index (χ0n) is 18.2. The molecule has 170 valence electrons. The maximum atomic E-state index is 15.1. The Hall–Kier alpha value is -3.48. The first-order chi connectivity index (χ1) is 16.0. The maximum absolute atomic E-state index is 15.1. The third-order valence-corrected chi connectivity index (χ3v) is 6.68. The van der Waals surface area contributed by atoms with Crippen LogP contribution in [-0.4, -0.2) is 35.6 Å². The monoisotopic (exact) mass is 449 g/mol. The zero-order chi connectivity index (χ0) is 22.8. The molecule has 2 aliphatic rings. The van der Waals surface area contributed by atoms with Crippen LogP contribution in [-0.2, 0) is 23.3 Å². The number of amides is 1. The molecule has 5 rings (SSSR count). The molecule has 0 radical (unpaired) electrons. The van der Waals surface area contributed by atoms with E-state index in [1.807, 2.05) is 47.4 Å². The number of pyridine rings is 1. The number of ether oxygens (including phenoxy) is 1. The van der Waals surface area contributed by atoms with Crippen molar-refractivity contribution in [1.82, 2.24) is 9.88 Å². The number of halogens is 2. The number of hydrogen-bond donors (Lipinski definition) is 0. The van der Waals surface area contributed by atoms with Gasteiger partial charge in [0.25, 0.3) is 0 Å². The van der Waals surface area contributed by atoms with Gasteiger partial charge in [-0.05, 0) is 36.1 Å². The molecule has 7 heteroatoms. The van der Waals surface area contributed by atoms with Crippen molar-refractivity contribution in [3.63, 3.8) is 0 Å². The molecular formula is C26H25F2N3O2. The molecule has 0 unspecified atom stereocenters. The Balaban J connectivity index is 1.31. The van der Waals surface area contributed by atoms with Crippen LogP contribution in [0.25, 0.3) is 0 Å². The van der Waals surface area contributed by atoms with E-state index in [0.29, 0.717) is 50.3 Å². The van der Waals surface area contributed by atoms with E-state index < -0.39 is 17.0 Å². The summed E-state index contributed by atoms with van der Waals surface area (Å²) in [5.74, 6) is -1.10. The summed E-state index contributed by atoms with van der Waals surface area (Å²) < 4.78 is 34.7. The van der Waals surface area contributed by atoms with Crippen molar-refractivity contribution in [2.75, 3.05) is 24.5 Å². The Morgan fingerprint density at radius 3 is 2.52 bits per heavy atom. The van der Waals surface area contributed by atoms with Crippen molar-refractivity contribution in [1.29, 1.82) is 0 Å². The van der Waals surface area contributed by atoms with Gasteiger partial charge in [-0.1, -0.05) is 36.4 Å². The van der Waals surface area contributed by atoms with Crippen LogP contribution in [0.4, 0.5) is 19.3 Å². The van der Waals surface area contributed by atoms with E-state index in [-0.39, 0.29) is 12.7 Å². The van der Waals surface area contributed by atoms with Crippen molar-refractivity contribution < 1.29 is 18.3 Å². The van der Waals surface area contributed by atoms with Crippen LogP contribution in [0, 0.1) is 11.6 Å². The number of likely N-dealkylation sites (tertiary alicyclic amines) is 1.